The molecule has 64 valence electrons. The molecule has 0 N–H and O–H groups in total. The highest BCUT2D eigenvalue weighted by Crippen LogP contribution is 2.25. The summed E-state index contributed by atoms with van der Waals surface area (Å²) < 4.78 is 5.35. The minimum Gasteiger partial charge on any atom is -0.381 e. The average molecular weight is 162 g/mol. The molecule has 0 saturated carbocycles. The van der Waals surface area contributed by atoms with Crippen molar-refractivity contribution in [2.45, 2.75) is 19.3 Å². The number of benzene rings is 1. The standard InChI is InChI=1S/C11H14O/c1-9-3-2-4-10(7-9)11-5-6-12-8-11/h2-4,7,11H,5-6,8H2,1H3/t11-/m1/s1. The molecule has 1 aliphatic heterocycles. The van der Waals surface area contributed by atoms with Gasteiger partial charge in [-0.25, -0.2) is 0 Å². The second-order valence-corrected chi connectivity index (χ2v) is 3.47. The molecule has 0 aromatic heterocycles. The predicted molar refractivity (Wildman–Crippen MR) is 49.4 cm³/mol. The van der Waals surface area contributed by atoms with E-state index in [1.54, 1.807) is 0 Å². The molecule has 1 aromatic rings. The van der Waals surface area contributed by atoms with Crippen LogP contribution in [0.2, 0.25) is 0 Å². The van der Waals surface area contributed by atoms with E-state index in [0.717, 1.165) is 13.2 Å². The molecule has 1 aromatic carbocycles. The molecular weight excluding hydrogens is 148 g/mol. The van der Waals surface area contributed by atoms with E-state index in [-0.39, 0.29) is 0 Å². The van der Waals surface area contributed by atoms with E-state index in [4.69, 9.17) is 4.74 Å². The molecule has 0 aliphatic carbocycles. The largest absolute Gasteiger partial charge is 0.381 e. The van der Waals surface area contributed by atoms with Crippen molar-refractivity contribution in [3.63, 3.8) is 0 Å². The Morgan fingerprint density at radius 2 is 2.33 bits per heavy atom. The van der Waals surface area contributed by atoms with E-state index < -0.39 is 0 Å². The first kappa shape index (κ1) is 7.81. The van der Waals surface area contributed by atoms with Crippen LogP contribution >= 0.6 is 0 Å². The molecule has 1 fully saturated rings. The van der Waals surface area contributed by atoms with Crippen LogP contribution in [0.25, 0.3) is 0 Å². The minimum atomic E-state index is 0.643. The van der Waals surface area contributed by atoms with E-state index >= 15 is 0 Å². The van der Waals surface area contributed by atoms with Crippen molar-refractivity contribution in [1.29, 1.82) is 0 Å². The summed E-state index contributed by atoms with van der Waals surface area (Å²) in [6.45, 7) is 3.97. The Hall–Kier alpha value is -0.820. The Labute approximate surface area is 73.4 Å². The van der Waals surface area contributed by atoms with Gasteiger partial charge in [0.15, 0.2) is 0 Å². The maximum Gasteiger partial charge on any atom is 0.0535 e. The second kappa shape index (κ2) is 3.28. The molecule has 0 bridgehead atoms. The predicted octanol–water partition coefficient (Wildman–Crippen LogP) is 2.50. The van der Waals surface area contributed by atoms with Gasteiger partial charge in [-0.3, -0.25) is 0 Å². The molecule has 0 radical (unpaired) electrons. The topological polar surface area (TPSA) is 9.23 Å². The molecule has 1 heteroatoms. The lowest BCUT2D eigenvalue weighted by Crippen LogP contribution is -1.97. The van der Waals surface area contributed by atoms with Crippen molar-refractivity contribution in [3.8, 4) is 0 Å². The van der Waals surface area contributed by atoms with Crippen molar-refractivity contribution in [2.24, 2.45) is 0 Å². The highest BCUT2D eigenvalue weighted by molar-refractivity contribution is 5.25. The van der Waals surface area contributed by atoms with E-state index in [2.05, 4.69) is 31.2 Å². The fourth-order valence-electron chi connectivity index (χ4n) is 1.72. The summed E-state index contributed by atoms with van der Waals surface area (Å²) >= 11 is 0. The normalized spacial score (nSPS) is 22.9. The van der Waals surface area contributed by atoms with Gasteiger partial charge in [-0.2, -0.15) is 0 Å². The molecule has 1 heterocycles. The molecule has 0 unspecified atom stereocenters. The van der Waals surface area contributed by atoms with Gasteiger partial charge < -0.3 is 4.74 Å². The lowest BCUT2D eigenvalue weighted by atomic mass is 9.97. The number of aryl methyl sites for hydroxylation is 1. The first-order valence-electron chi connectivity index (χ1n) is 4.50. The van der Waals surface area contributed by atoms with E-state index in [9.17, 15) is 0 Å². The minimum absolute atomic E-state index is 0.643. The quantitative estimate of drug-likeness (QED) is 0.616. The Balaban J connectivity index is 2.21. The van der Waals surface area contributed by atoms with Gasteiger partial charge in [0.25, 0.3) is 0 Å². The third-order valence-corrected chi connectivity index (χ3v) is 2.44. The molecule has 2 rings (SSSR count). The van der Waals surface area contributed by atoms with Gasteiger partial charge in [-0.1, -0.05) is 29.8 Å². The summed E-state index contributed by atoms with van der Waals surface area (Å²) in [4.78, 5) is 0. The molecule has 0 spiro atoms. The van der Waals surface area contributed by atoms with Crippen molar-refractivity contribution in [2.75, 3.05) is 13.2 Å². The third kappa shape index (κ3) is 1.51. The highest BCUT2D eigenvalue weighted by Gasteiger charge is 2.16. The zero-order valence-corrected chi connectivity index (χ0v) is 7.42. The van der Waals surface area contributed by atoms with Gasteiger partial charge in [0.1, 0.15) is 0 Å². The third-order valence-electron chi connectivity index (χ3n) is 2.44. The zero-order chi connectivity index (χ0) is 8.39. The van der Waals surface area contributed by atoms with E-state index in [0.29, 0.717) is 5.92 Å². The molecule has 1 saturated heterocycles. The van der Waals surface area contributed by atoms with Crippen LogP contribution in [-0.2, 0) is 4.74 Å². The van der Waals surface area contributed by atoms with Gasteiger partial charge in [0, 0.05) is 12.5 Å². The molecule has 12 heavy (non-hydrogen) atoms. The maximum atomic E-state index is 5.35. The Morgan fingerprint density at radius 1 is 1.42 bits per heavy atom. The fourth-order valence-corrected chi connectivity index (χ4v) is 1.72. The lowest BCUT2D eigenvalue weighted by molar-refractivity contribution is 0.194. The summed E-state index contributed by atoms with van der Waals surface area (Å²) in [5, 5.41) is 0. The first-order valence-corrected chi connectivity index (χ1v) is 4.50. The van der Waals surface area contributed by atoms with E-state index in [1.807, 2.05) is 0 Å². The van der Waals surface area contributed by atoms with Crippen LogP contribution in [0.3, 0.4) is 0 Å². The summed E-state index contributed by atoms with van der Waals surface area (Å²) in [7, 11) is 0. The van der Waals surface area contributed by atoms with Crippen LogP contribution in [0.5, 0.6) is 0 Å². The fraction of sp³-hybridized carbons (Fsp3) is 0.455. The number of rotatable bonds is 1. The van der Waals surface area contributed by atoms with Crippen LogP contribution in [0.1, 0.15) is 23.5 Å². The summed E-state index contributed by atoms with van der Waals surface area (Å²) in [6.07, 6.45) is 1.18. The molecule has 1 atom stereocenters. The van der Waals surface area contributed by atoms with Crippen LogP contribution in [0.15, 0.2) is 24.3 Å². The van der Waals surface area contributed by atoms with Gasteiger partial charge in [0.05, 0.1) is 6.61 Å². The van der Waals surface area contributed by atoms with Crippen molar-refractivity contribution >= 4 is 0 Å². The van der Waals surface area contributed by atoms with Crippen LogP contribution in [-0.4, -0.2) is 13.2 Å². The van der Waals surface area contributed by atoms with E-state index in [1.165, 1.54) is 17.5 Å². The SMILES string of the molecule is Cc1cccc([C@@H]2CCOC2)c1. The number of ether oxygens (including phenoxy) is 1. The van der Waals surface area contributed by atoms with Crippen LogP contribution < -0.4 is 0 Å². The lowest BCUT2D eigenvalue weighted by Gasteiger charge is -2.07. The van der Waals surface area contributed by atoms with Gasteiger partial charge in [0.2, 0.25) is 0 Å². The van der Waals surface area contributed by atoms with Gasteiger partial charge in [-0.05, 0) is 18.9 Å². The average Bonchev–Trinajstić information content (AvgIpc) is 2.56. The summed E-state index contributed by atoms with van der Waals surface area (Å²) in [5.74, 6) is 0.643. The maximum absolute atomic E-state index is 5.35. The molecule has 0 amide bonds. The molecule has 1 nitrogen and oxygen atoms in total. The second-order valence-electron chi connectivity index (χ2n) is 3.47. The van der Waals surface area contributed by atoms with Crippen LogP contribution in [0.4, 0.5) is 0 Å². The smallest absolute Gasteiger partial charge is 0.0535 e. The molecule has 1 aliphatic rings. The Kier molecular flexibility index (Phi) is 2.13. The Bertz CT molecular complexity index is 261. The monoisotopic (exact) mass is 162 g/mol. The zero-order valence-electron chi connectivity index (χ0n) is 7.42. The van der Waals surface area contributed by atoms with Crippen molar-refractivity contribution in [1.82, 2.24) is 0 Å². The highest BCUT2D eigenvalue weighted by atomic mass is 16.5. The molecular formula is C11H14O. The Morgan fingerprint density at radius 3 is 3.00 bits per heavy atom. The van der Waals surface area contributed by atoms with Crippen LogP contribution in [0, 0.1) is 6.92 Å². The summed E-state index contributed by atoms with van der Waals surface area (Å²) in [6, 6.07) is 8.73. The van der Waals surface area contributed by atoms with Gasteiger partial charge in [-0.15, -0.1) is 0 Å². The number of hydrogen-bond acceptors (Lipinski definition) is 1. The number of hydrogen-bond donors (Lipinski definition) is 0. The van der Waals surface area contributed by atoms with Gasteiger partial charge >= 0.3 is 0 Å². The first-order chi connectivity index (χ1) is 5.86. The summed E-state index contributed by atoms with van der Waals surface area (Å²) in [5.41, 5.74) is 2.78. The van der Waals surface area contributed by atoms with Crippen molar-refractivity contribution in [3.05, 3.63) is 35.4 Å². The van der Waals surface area contributed by atoms with Crippen molar-refractivity contribution < 1.29 is 4.74 Å².